The third-order valence-corrected chi connectivity index (χ3v) is 3.62. The van der Waals surface area contributed by atoms with Crippen molar-refractivity contribution in [2.75, 3.05) is 7.11 Å². The fourth-order valence-corrected chi connectivity index (χ4v) is 2.39. The molecule has 1 N–H and O–H groups in total. The smallest absolute Gasteiger partial charge is 0.230 e. The average Bonchev–Trinajstić information content (AvgIpc) is 2.49. The molecule has 0 spiro atoms. The highest BCUT2D eigenvalue weighted by Gasteiger charge is 2.12. The first-order valence-electron chi connectivity index (χ1n) is 6.23. The molecule has 3 rings (SSSR count). The molecule has 1 aromatic heterocycles. The second-order valence-electron chi connectivity index (χ2n) is 4.40. The molecule has 112 valence electrons. The molecule has 1 heterocycles. The highest BCUT2D eigenvalue weighted by atomic mass is 79.9. The summed E-state index contributed by atoms with van der Waals surface area (Å²) in [6, 6.07) is 7.12. The van der Waals surface area contributed by atoms with E-state index >= 15 is 0 Å². The van der Waals surface area contributed by atoms with Crippen LogP contribution in [0, 0.1) is 5.82 Å². The van der Waals surface area contributed by atoms with Crippen molar-refractivity contribution < 1.29 is 19.0 Å². The van der Waals surface area contributed by atoms with Crippen LogP contribution in [0.1, 0.15) is 0 Å². The minimum absolute atomic E-state index is 0.0254. The molecule has 0 aliphatic heterocycles. The van der Waals surface area contributed by atoms with Crippen molar-refractivity contribution in [3.63, 3.8) is 0 Å². The highest BCUT2D eigenvalue weighted by Crippen LogP contribution is 2.36. The number of rotatable bonds is 3. The number of hydrogen-bond donors (Lipinski definition) is 1. The van der Waals surface area contributed by atoms with Crippen molar-refractivity contribution in [2.45, 2.75) is 0 Å². The van der Waals surface area contributed by atoms with E-state index in [1.807, 2.05) is 0 Å². The van der Waals surface area contributed by atoms with Crippen LogP contribution in [0.25, 0.3) is 10.9 Å². The van der Waals surface area contributed by atoms with Gasteiger partial charge in [0.1, 0.15) is 17.9 Å². The van der Waals surface area contributed by atoms with E-state index in [9.17, 15) is 9.50 Å². The molecule has 22 heavy (non-hydrogen) atoms. The normalized spacial score (nSPS) is 10.7. The van der Waals surface area contributed by atoms with Crippen LogP contribution in [0.5, 0.6) is 23.1 Å². The van der Waals surface area contributed by atoms with Crippen LogP contribution >= 0.6 is 15.9 Å². The quantitative estimate of drug-likeness (QED) is 0.759. The van der Waals surface area contributed by atoms with Gasteiger partial charge in [-0.25, -0.2) is 14.4 Å². The second kappa shape index (κ2) is 5.76. The van der Waals surface area contributed by atoms with Crippen LogP contribution in [-0.2, 0) is 0 Å². The predicted octanol–water partition coefficient (Wildman–Crippen LogP) is 4.04. The Morgan fingerprint density at radius 2 is 1.95 bits per heavy atom. The molecule has 7 heteroatoms. The van der Waals surface area contributed by atoms with E-state index in [0.717, 1.165) is 0 Å². The van der Waals surface area contributed by atoms with E-state index in [1.165, 1.54) is 37.7 Å². The molecule has 3 aromatic rings. The topological polar surface area (TPSA) is 64.5 Å². The molecule has 0 bridgehead atoms. The Balaban J connectivity index is 2.10. The van der Waals surface area contributed by atoms with Gasteiger partial charge in [-0.2, -0.15) is 0 Å². The summed E-state index contributed by atoms with van der Waals surface area (Å²) in [6.45, 7) is 0. The molecular weight excluding hydrogens is 355 g/mol. The van der Waals surface area contributed by atoms with Gasteiger partial charge in [0.05, 0.1) is 22.5 Å². The zero-order valence-electron chi connectivity index (χ0n) is 11.4. The summed E-state index contributed by atoms with van der Waals surface area (Å²) in [5, 5.41) is 10.4. The number of aromatic nitrogens is 2. The Hall–Kier alpha value is -2.41. The average molecular weight is 365 g/mol. The molecule has 2 aromatic carbocycles. The van der Waals surface area contributed by atoms with E-state index in [-0.39, 0.29) is 23.2 Å². The number of hydrogen-bond acceptors (Lipinski definition) is 5. The van der Waals surface area contributed by atoms with E-state index in [4.69, 9.17) is 9.47 Å². The molecule has 0 amide bonds. The van der Waals surface area contributed by atoms with Gasteiger partial charge in [0, 0.05) is 6.07 Å². The third-order valence-electron chi connectivity index (χ3n) is 3.00. The van der Waals surface area contributed by atoms with Crippen molar-refractivity contribution in [3.8, 4) is 23.1 Å². The first kappa shape index (κ1) is 14.5. The van der Waals surface area contributed by atoms with Crippen molar-refractivity contribution in [1.29, 1.82) is 0 Å². The summed E-state index contributed by atoms with van der Waals surface area (Å²) in [6.07, 6.45) is 1.32. The Bertz CT molecular complexity index is 858. The van der Waals surface area contributed by atoms with Crippen molar-refractivity contribution in [1.82, 2.24) is 9.97 Å². The Morgan fingerprint density at radius 1 is 1.14 bits per heavy atom. The molecule has 0 fully saturated rings. The van der Waals surface area contributed by atoms with E-state index < -0.39 is 0 Å². The Morgan fingerprint density at radius 3 is 2.68 bits per heavy atom. The van der Waals surface area contributed by atoms with Gasteiger partial charge < -0.3 is 14.6 Å². The van der Waals surface area contributed by atoms with Gasteiger partial charge in [0.15, 0.2) is 11.5 Å². The molecule has 0 atom stereocenters. The summed E-state index contributed by atoms with van der Waals surface area (Å²) in [4.78, 5) is 8.16. The van der Waals surface area contributed by atoms with E-state index in [1.54, 1.807) is 6.07 Å². The lowest BCUT2D eigenvalue weighted by Crippen LogP contribution is -1.93. The summed E-state index contributed by atoms with van der Waals surface area (Å²) in [5.74, 6) is 0.565. The number of methoxy groups -OCH3 is 1. The largest absolute Gasteiger partial charge is 0.504 e. The molecular formula is C15H10BrFN2O3. The Labute approximate surface area is 133 Å². The van der Waals surface area contributed by atoms with Gasteiger partial charge in [-0.05, 0) is 40.2 Å². The highest BCUT2D eigenvalue weighted by molar-refractivity contribution is 9.10. The summed E-state index contributed by atoms with van der Waals surface area (Å²) >= 11 is 3.24. The molecule has 5 nitrogen and oxygen atoms in total. The van der Waals surface area contributed by atoms with Gasteiger partial charge in [0.25, 0.3) is 0 Å². The van der Waals surface area contributed by atoms with Gasteiger partial charge in [-0.3, -0.25) is 0 Å². The van der Waals surface area contributed by atoms with E-state index in [0.29, 0.717) is 21.1 Å². The number of nitrogens with zero attached hydrogens (tertiary/aromatic N) is 2. The third kappa shape index (κ3) is 2.67. The molecule has 0 radical (unpaired) electrons. The lowest BCUT2D eigenvalue weighted by Gasteiger charge is -2.10. The number of phenols is 1. The van der Waals surface area contributed by atoms with Crippen molar-refractivity contribution >= 4 is 26.8 Å². The van der Waals surface area contributed by atoms with Crippen LogP contribution in [0.15, 0.2) is 41.1 Å². The Kier molecular flexibility index (Phi) is 3.81. The SMILES string of the molecule is COc1cc2c(Oc3ccc(F)cc3Br)ncnc2cc1O. The molecule has 0 aliphatic carbocycles. The summed E-state index contributed by atoms with van der Waals surface area (Å²) in [7, 11) is 1.45. The van der Waals surface area contributed by atoms with Crippen LogP contribution in [-0.4, -0.2) is 22.2 Å². The number of aromatic hydroxyl groups is 1. The van der Waals surface area contributed by atoms with Crippen molar-refractivity contribution in [3.05, 3.63) is 46.9 Å². The number of fused-ring (bicyclic) bond motifs is 1. The monoisotopic (exact) mass is 364 g/mol. The standard InChI is InChI=1S/C15H10BrFN2O3/c1-21-14-5-9-11(6-12(14)20)18-7-19-15(9)22-13-3-2-8(17)4-10(13)16/h2-7,20H,1H3. The molecule has 0 aliphatic rings. The van der Waals surface area contributed by atoms with Gasteiger partial charge >= 0.3 is 0 Å². The second-order valence-corrected chi connectivity index (χ2v) is 5.25. The van der Waals surface area contributed by atoms with E-state index in [2.05, 4.69) is 25.9 Å². The van der Waals surface area contributed by atoms with Gasteiger partial charge in [-0.15, -0.1) is 0 Å². The molecule has 0 saturated carbocycles. The van der Waals surface area contributed by atoms with Gasteiger partial charge in [0.2, 0.25) is 5.88 Å². The molecule has 0 saturated heterocycles. The number of halogens is 2. The minimum atomic E-state index is -0.377. The van der Waals surface area contributed by atoms with Crippen LogP contribution in [0.3, 0.4) is 0 Å². The number of ether oxygens (including phenoxy) is 2. The lowest BCUT2D eigenvalue weighted by atomic mass is 10.2. The predicted molar refractivity (Wildman–Crippen MR) is 81.9 cm³/mol. The maximum absolute atomic E-state index is 13.1. The maximum atomic E-state index is 13.1. The number of benzene rings is 2. The fraction of sp³-hybridized carbons (Fsp3) is 0.0667. The lowest BCUT2D eigenvalue weighted by molar-refractivity contribution is 0.374. The zero-order chi connectivity index (χ0) is 15.7. The zero-order valence-corrected chi connectivity index (χ0v) is 13.0. The van der Waals surface area contributed by atoms with Crippen LogP contribution in [0.2, 0.25) is 0 Å². The van der Waals surface area contributed by atoms with Crippen LogP contribution < -0.4 is 9.47 Å². The first-order chi connectivity index (χ1) is 10.6. The number of phenolic OH excluding ortho intramolecular Hbond substituents is 1. The minimum Gasteiger partial charge on any atom is -0.504 e. The maximum Gasteiger partial charge on any atom is 0.230 e. The summed E-state index contributed by atoms with van der Waals surface area (Å²) < 4.78 is 24.4. The molecule has 0 unspecified atom stereocenters. The first-order valence-corrected chi connectivity index (χ1v) is 7.02. The van der Waals surface area contributed by atoms with Gasteiger partial charge in [-0.1, -0.05) is 0 Å². The van der Waals surface area contributed by atoms with Crippen LogP contribution in [0.4, 0.5) is 4.39 Å². The van der Waals surface area contributed by atoms with Crippen molar-refractivity contribution in [2.24, 2.45) is 0 Å². The summed E-state index contributed by atoms with van der Waals surface area (Å²) in [5.41, 5.74) is 0.501. The fourth-order valence-electron chi connectivity index (χ4n) is 1.96.